The number of hydrogen-bond donors (Lipinski definition) is 6. The van der Waals surface area contributed by atoms with Gasteiger partial charge in [-0.25, -0.2) is 9.78 Å². The smallest absolute Gasteiger partial charge is 0.409 e. The molecule has 0 spiro atoms. The number of fused-ring (bicyclic) bond motifs is 2. The molecule has 0 saturated carbocycles. The highest BCUT2D eigenvalue weighted by Gasteiger charge is 2.55. The molecular formula is C64H81ClF2N9O14PS2. The third kappa shape index (κ3) is 17.1. The van der Waals surface area contributed by atoms with E-state index in [4.69, 9.17) is 35.9 Å². The van der Waals surface area contributed by atoms with Crippen molar-refractivity contribution in [3.63, 3.8) is 0 Å². The van der Waals surface area contributed by atoms with Gasteiger partial charge < -0.3 is 65.3 Å². The molecule has 3 saturated heterocycles. The number of rotatable bonds is 26. The fourth-order valence-electron chi connectivity index (χ4n) is 11.9. The van der Waals surface area contributed by atoms with Gasteiger partial charge in [0.15, 0.2) is 0 Å². The normalized spacial score (nSPS) is 19.6. The molecule has 0 aliphatic carbocycles. The second kappa shape index (κ2) is 31.0. The number of halogens is 3. The van der Waals surface area contributed by atoms with E-state index >= 15 is 8.78 Å². The summed E-state index contributed by atoms with van der Waals surface area (Å²) >= 11 is 9.42. The Kier molecular flexibility index (Phi) is 23.9. The second-order valence-electron chi connectivity index (χ2n) is 24.4. The van der Waals surface area contributed by atoms with Crippen molar-refractivity contribution in [3.8, 4) is 16.2 Å². The number of nitrogens with zero attached hydrogens (tertiary/aromatic N) is 4. The van der Waals surface area contributed by atoms with Gasteiger partial charge in [-0.05, 0) is 118 Å². The molecule has 5 aromatic rings. The Bertz CT molecular complexity index is 3600. The summed E-state index contributed by atoms with van der Waals surface area (Å²) in [4.78, 5) is 120. The zero-order valence-electron chi connectivity index (χ0n) is 53.2. The largest absolute Gasteiger partial charge is 0.490 e. The van der Waals surface area contributed by atoms with E-state index in [1.54, 1.807) is 55.8 Å². The lowest BCUT2D eigenvalue weighted by Crippen LogP contribution is -2.61. The monoisotopic (exact) mass is 1370 g/mol. The van der Waals surface area contributed by atoms with Crippen LogP contribution in [0.2, 0.25) is 5.02 Å². The van der Waals surface area contributed by atoms with Crippen molar-refractivity contribution >= 4 is 99.4 Å². The van der Waals surface area contributed by atoms with Crippen molar-refractivity contribution in [2.45, 2.75) is 160 Å². The lowest BCUT2D eigenvalue weighted by atomic mass is 9.85. The highest BCUT2D eigenvalue weighted by atomic mass is 35.5. The highest BCUT2D eigenvalue weighted by Crippen LogP contribution is 2.67. The number of carbonyl (C=O) groups excluding carboxylic acids is 8. The van der Waals surface area contributed by atoms with Crippen molar-refractivity contribution in [1.82, 2.24) is 41.0 Å². The lowest BCUT2D eigenvalue weighted by Gasteiger charge is -2.38. The summed E-state index contributed by atoms with van der Waals surface area (Å²) in [7, 11) is -3.78. The van der Waals surface area contributed by atoms with Crippen molar-refractivity contribution in [2.75, 3.05) is 46.6 Å². The minimum absolute atomic E-state index is 0.0109. The number of β-amino-alcohol motifs (C(OH)–C–C–N with tert-alkyl or cyclic N) is 1. The molecule has 8 rings (SSSR count). The molecule has 0 radical (unpaired) electrons. The van der Waals surface area contributed by atoms with Crippen LogP contribution in [0.15, 0.2) is 72.2 Å². The van der Waals surface area contributed by atoms with Crippen LogP contribution in [0.5, 0.6) is 5.75 Å². The summed E-state index contributed by atoms with van der Waals surface area (Å²) in [5, 5.41) is 22.8. The van der Waals surface area contributed by atoms with Crippen LogP contribution < -0.4 is 31.7 Å². The SMILES string of the molecule is CCOP(=O)(OCC)C(F)(F)c1ccc2sc(C(=O)N[C@H]3CN(C(=O)OC)CC[C@H]4CC[C@@H](C(=O)N[C@@H](CCC(N)=O)COc5cccc(CCCC(=O)N[C@H](C(=O)N6C[C@H](O)C[C@H]6C(=O)N[C@@H](C)c6ccc(-c7scnc7C)cc6)C(C)(C)C)c5Cl)N4C3=O)cc2c1. The molecule has 2 aromatic heterocycles. The Morgan fingerprint density at radius 2 is 1.62 bits per heavy atom. The number of amides is 8. The number of nitrogens with one attached hydrogen (secondary N) is 4. The Labute approximate surface area is 551 Å². The Hall–Kier alpha value is -7.13. The quantitative estimate of drug-likeness (QED) is 0.0282. The van der Waals surface area contributed by atoms with E-state index in [0.717, 1.165) is 45.2 Å². The molecule has 5 heterocycles. The number of carbonyl (C=O) groups is 8. The second-order valence-corrected chi connectivity index (χ2v) is 28.8. The van der Waals surface area contributed by atoms with Crippen molar-refractivity contribution in [1.29, 1.82) is 0 Å². The first-order valence-electron chi connectivity index (χ1n) is 30.9. The fraction of sp³-hybridized carbons (Fsp3) is 0.516. The van der Waals surface area contributed by atoms with Gasteiger partial charge >= 0.3 is 19.4 Å². The van der Waals surface area contributed by atoms with Crippen LogP contribution in [0.25, 0.3) is 20.5 Å². The number of primary amides is 1. The molecule has 0 bridgehead atoms. The molecule has 3 aromatic carbocycles. The van der Waals surface area contributed by atoms with Crippen LogP contribution in [0, 0.1) is 12.3 Å². The first-order chi connectivity index (χ1) is 44.1. The van der Waals surface area contributed by atoms with Crippen LogP contribution in [0.1, 0.15) is 131 Å². The molecule has 3 aliphatic heterocycles. The predicted octanol–water partition coefficient (Wildman–Crippen LogP) is 8.75. The maximum Gasteiger partial charge on any atom is 0.409 e. The minimum Gasteiger partial charge on any atom is -0.490 e. The third-order valence-electron chi connectivity index (χ3n) is 16.7. The standard InChI is InChI=1S/C64H81ClF2N9O14PS2/c1-9-89-91(86,90-10-2)64(66,67)42-21-25-50-41(29-42)30-51(93-50)59(82)72-46-33-74(62(85)87-8)28-27-44-23-24-47(76(44)60(46)83)57(80)71-43(22-26-52(68)78)34-88-49-15-11-13-39(54(49)65)14-12-16-53(79)73-56(63(5,6)7)61(84)75-32-45(77)31-48(75)58(81)70-36(3)38-17-19-40(20-18-38)55-37(4)69-35-92-55/h11,13,15,17-21,25,29-30,35-36,43-48,56,77H,9-10,12,14,16,22-24,26-28,31-34H2,1-8H3,(H2,68,78)(H,70,81)(H,71,80)(H,72,82)(H,73,79)/t36-,43-,44+,45+,46-,47-,48-,56+/m0/s1. The Morgan fingerprint density at radius 1 is 0.914 bits per heavy atom. The van der Waals surface area contributed by atoms with E-state index in [-0.39, 0.29) is 99.0 Å². The van der Waals surface area contributed by atoms with Gasteiger partial charge in [0.25, 0.3) is 5.91 Å². The first kappa shape index (κ1) is 71.7. The topological polar surface area (TPSA) is 308 Å². The van der Waals surface area contributed by atoms with E-state index in [1.165, 1.54) is 47.8 Å². The summed E-state index contributed by atoms with van der Waals surface area (Å²) in [6.45, 7) is 10.9. The van der Waals surface area contributed by atoms with Crippen LogP contribution >= 0.6 is 41.9 Å². The third-order valence-corrected chi connectivity index (χ3v) is 21.4. The summed E-state index contributed by atoms with van der Waals surface area (Å²) in [5.74, 6) is -3.81. The van der Waals surface area contributed by atoms with Crippen LogP contribution in [0.4, 0.5) is 13.6 Å². The number of nitrogens with two attached hydrogens (primary N) is 1. The number of ether oxygens (including phenoxy) is 2. The van der Waals surface area contributed by atoms with E-state index < -0.39 is 120 Å². The van der Waals surface area contributed by atoms with Crippen molar-refractivity contribution in [3.05, 3.63) is 105 Å². The summed E-state index contributed by atoms with van der Waals surface area (Å²) in [5.41, 5.74) is 5.27. The molecule has 8 amide bonds. The molecular weight excluding hydrogens is 1290 g/mol. The minimum atomic E-state index is -4.96. The summed E-state index contributed by atoms with van der Waals surface area (Å²) in [6.07, 6.45) is -0.413. The molecule has 23 nitrogen and oxygen atoms in total. The molecule has 0 unspecified atom stereocenters. The Morgan fingerprint density at radius 3 is 2.28 bits per heavy atom. The highest BCUT2D eigenvalue weighted by molar-refractivity contribution is 7.54. The summed E-state index contributed by atoms with van der Waals surface area (Å²) in [6, 6.07) is 11.4. The van der Waals surface area contributed by atoms with Gasteiger partial charge in [0, 0.05) is 48.7 Å². The van der Waals surface area contributed by atoms with Crippen LogP contribution in [-0.4, -0.2) is 161 Å². The summed E-state index contributed by atoms with van der Waals surface area (Å²) < 4.78 is 66.3. The average Bonchev–Trinajstić information content (AvgIpc) is 1.77. The number of thiophene rings is 1. The first-order valence-corrected chi connectivity index (χ1v) is 34.5. The number of likely N-dealkylation sites (tertiary alicyclic amines) is 1. The number of alkyl halides is 2. The van der Waals surface area contributed by atoms with Gasteiger partial charge in [-0.15, -0.1) is 22.7 Å². The molecule has 504 valence electrons. The zero-order valence-corrected chi connectivity index (χ0v) is 56.5. The molecule has 93 heavy (non-hydrogen) atoms. The van der Waals surface area contributed by atoms with E-state index in [2.05, 4.69) is 26.3 Å². The van der Waals surface area contributed by atoms with Gasteiger partial charge in [0.2, 0.25) is 35.4 Å². The molecule has 3 aliphatic rings. The van der Waals surface area contributed by atoms with E-state index in [0.29, 0.717) is 29.5 Å². The van der Waals surface area contributed by atoms with E-state index in [9.17, 15) is 48.0 Å². The number of aliphatic hydroxyl groups is 1. The van der Waals surface area contributed by atoms with Gasteiger partial charge in [0.1, 0.15) is 36.5 Å². The number of aromatic nitrogens is 1. The Balaban J connectivity index is 0.884. The number of benzene rings is 3. The molecule has 7 N–H and O–H groups in total. The van der Waals surface area contributed by atoms with Gasteiger partial charge in [-0.3, -0.25) is 38.1 Å². The number of aryl methyl sites for hydroxylation is 2. The lowest BCUT2D eigenvalue weighted by molar-refractivity contribution is -0.144. The zero-order chi connectivity index (χ0) is 67.7. The van der Waals surface area contributed by atoms with Crippen molar-refractivity contribution < 1.29 is 75.3 Å². The van der Waals surface area contributed by atoms with Gasteiger partial charge in [-0.2, -0.15) is 8.78 Å². The maximum absolute atomic E-state index is 15.8. The van der Waals surface area contributed by atoms with E-state index in [1.807, 2.05) is 38.1 Å². The number of thiazole rings is 1. The molecule has 8 atom stereocenters. The van der Waals surface area contributed by atoms with Crippen LogP contribution in [-0.2, 0) is 59.2 Å². The number of methoxy groups -OCH3 is 1. The molecule has 3 fully saturated rings. The predicted molar refractivity (Wildman–Crippen MR) is 347 cm³/mol. The van der Waals surface area contributed by atoms with Crippen molar-refractivity contribution in [2.24, 2.45) is 11.1 Å². The number of aliphatic hydroxyl groups excluding tert-OH is 1. The average molecular weight is 1370 g/mol. The maximum atomic E-state index is 15.8. The molecule has 29 heteroatoms. The number of hydrogen-bond acceptors (Lipinski definition) is 17. The van der Waals surface area contributed by atoms with Crippen LogP contribution in [0.3, 0.4) is 0 Å². The van der Waals surface area contributed by atoms with Gasteiger partial charge in [-0.1, -0.05) is 74.8 Å². The fourth-order valence-corrected chi connectivity index (χ4v) is 15.4. The van der Waals surface area contributed by atoms with Gasteiger partial charge in [0.05, 0.1) is 71.0 Å².